The number of benzene rings is 2. The minimum Gasteiger partial charge on any atom is -0.309 e. The number of hydrogen-bond acceptors (Lipinski definition) is 1. The number of rotatable bonds is 3. The Bertz CT molecular complexity index is 646. The molecule has 0 amide bonds. The summed E-state index contributed by atoms with van der Waals surface area (Å²) in [6, 6.07) is 8.77. The molecule has 2 rings (SSSR count). The SMILES string of the molecule is CNC(c1ccc(Br)c(C)c1)c1cc(Cl)c(Br)cc1F. The van der Waals surface area contributed by atoms with Gasteiger partial charge in [0.2, 0.25) is 0 Å². The molecule has 1 N–H and O–H groups in total. The van der Waals surface area contributed by atoms with E-state index >= 15 is 0 Å². The summed E-state index contributed by atoms with van der Waals surface area (Å²) in [5, 5.41) is 3.64. The van der Waals surface area contributed by atoms with Crippen LogP contribution in [-0.4, -0.2) is 7.05 Å². The highest BCUT2D eigenvalue weighted by Gasteiger charge is 2.18. The second kappa shape index (κ2) is 6.56. The van der Waals surface area contributed by atoms with Gasteiger partial charge in [0.1, 0.15) is 5.82 Å². The molecule has 0 aliphatic rings. The largest absolute Gasteiger partial charge is 0.309 e. The average Bonchev–Trinajstić information content (AvgIpc) is 2.40. The summed E-state index contributed by atoms with van der Waals surface area (Å²) in [5.74, 6) is -0.291. The molecule has 2 aromatic rings. The number of halogens is 4. The summed E-state index contributed by atoms with van der Waals surface area (Å²) in [4.78, 5) is 0. The minimum absolute atomic E-state index is 0.243. The highest BCUT2D eigenvalue weighted by molar-refractivity contribution is 9.10. The zero-order valence-electron chi connectivity index (χ0n) is 11.0. The van der Waals surface area contributed by atoms with Crippen LogP contribution >= 0.6 is 43.5 Å². The van der Waals surface area contributed by atoms with Crippen molar-refractivity contribution in [2.75, 3.05) is 7.05 Å². The lowest BCUT2D eigenvalue weighted by Crippen LogP contribution is -2.19. The van der Waals surface area contributed by atoms with Crippen LogP contribution in [0.4, 0.5) is 4.39 Å². The van der Waals surface area contributed by atoms with Crippen LogP contribution in [0, 0.1) is 12.7 Å². The molecule has 2 aromatic carbocycles. The first-order valence-corrected chi connectivity index (χ1v) is 7.98. The van der Waals surface area contributed by atoms with Gasteiger partial charge in [-0.25, -0.2) is 4.39 Å². The maximum Gasteiger partial charge on any atom is 0.129 e. The van der Waals surface area contributed by atoms with Gasteiger partial charge in [0.15, 0.2) is 0 Å². The molecule has 0 aliphatic heterocycles. The quantitative estimate of drug-likeness (QED) is 0.634. The molecule has 0 heterocycles. The molecule has 0 bridgehead atoms. The van der Waals surface area contributed by atoms with Crippen LogP contribution in [0.3, 0.4) is 0 Å². The minimum atomic E-state index is -0.291. The molecule has 0 aromatic heterocycles. The van der Waals surface area contributed by atoms with Gasteiger partial charge < -0.3 is 5.32 Å². The second-order valence-electron chi connectivity index (χ2n) is 4.52. The monoisotopic (exact) mass is 419 g/mol. The number of aryl methyl sites for hydroxylation is 1. The van der Waals surface area contributed by atoms with Crippen molar-refractivity contribution < 1.29 is 4.39 Å². The third-order valence-electron chi connectivity index (χ3n) is 3.15. The predicted molar refractivity (Wildman–Crippen MR) is 88.9 cm³/mol. The number of nitrogens with one attached hydrogen (secondary N) is 1. The van der Waals surface area contributed by atoms with Crippen LogP contribution in [0.2, 0.25) is 5.02 Å². The van der Waals surface area contributed by atoms with E-state index in [2.05, 4.69) is 37.2 Å². The molecule has 0 saturated heterocycles. The zero-order valence-corrected chi connectivity index (χ0v) is 14.9. The van der Waals surface area contributed by atoms with Gasteiger partial charge in [-0.2, -0.15) is 0 Å². The molecule has 0 radical (unpaired) electrons. The Labute approximate surface area is 139 Å². The summed E-state index contributed by atoms with van der Waals surface area (Å²) >= 11 is 12.8. The van der Waals surface area contributed by atoms with E-state index in [9.17, 15) is 4.39 Å². The molecule has 1 nitrogen and oxygen atoms in total. The molecule has 1 unspecified atom stereocenters. The van der Waals surface area contributed by atoms with Gasteiger partial charge >= 0.3 is 0 Å². The van der Waals surface area contributed by atoms with E-state index in [-0.39, 0.29) is 11.9 Å². The maximum atomic E-state index is 14.2. The topological polar surface area (TPSA) is 12.0 Å². The Morgan fingerprint density at radius 3 is 2.45 bits per heavy atom. The van der Waals surface area contributed by atoms with E-state index in [1.54, 1.807) is 13.1 Å². The predicted octanol–water partition coefficient (Wildman–Crippen LogP) is 5.62. The van der Waals surface area contributed by atoms with Crippen LogP contribution in [0.1, 0.15) is 22.7 Å². The maximum absolute atomic E-state index is 14.2. The highest BCUT2D eigenvalue weighted by atomic mass is 79.9. The first-order valence-electron chi connectivity index (χ1n) is 6.01. The first kappa shape index (κ1) is 16.0. The smallest absolute Gasteiger partial charge is 0.129 e. The summed E-state index contributed by atoms with van der Waals surface area (Å²) in [7, 11) is 1.80. The van der Waals surface area contributed by atoms with Gasteiger partial charge in [0.05, 0.1) is 11.1 Å². The van der Waals surface area contributed by atoms with Crippen molar-refractivity contribution in [1.29, 1.82) is 0 Å². The molecular weight excluding hydrogens is 408 g/mol. The van der Waals surface area contributed by atoms with Gasteiger partial charge in [-0.1, -0.05) is 39.7 Å². The van der Waals surface area contributed by atoms with Crippen molar-refractivity contribution in [2.24, 2.45) is 0 Å². The summed E-state index contributed by atoms with van der Waals surface area (Å²) < 4.78 is 15.8. The Balaban J connectivity index is 2.52. The average molecular weight is 422 g/mol. The van der Waals surface area contributed by atoms with E-state index in [0.29, 0.717) is 15.1 Å². The van der Waals surface area contributed by atoms with Crippen molar-refractivity contribution in [3.8, 4) is 0 Å². The van der Waals surface area contributed by atoms with Crippen LogP contribution in [0.15, 0.2) is 39.3 Å². The van der Waals surface area contributed by atoms with E-state index in [4.69, 9.17) is 11.6 Å². The third kappa shape index (κ3) is 3.25. The Morgan fingerprint density at radius 2 is 1.85 bits per heavy atom. The van der Waals surface area contributed by atoms with Gasteiger partial charge in [0, 0.05) is 14.5 Å². The normalized spacial score (nSPS) is 12.5. The van der Waals surface area contributed by atoms with Crippen LogP contribution < -0.4 is 5.32 Å². The molecule has 0 spiro atoms. The second-order valence-corrected chi connectivity index (χ2v) is 6.63. The lowest BCUT2D eigenvalue weighted by atomic mass is 9.97. The first-order chi connectivity index (χ1) is 9.43. The van der Waals surface area contributed by atoms with E-state index in [1.807, 2.05) is 25.1 Å². The lowest BCUT2D eigenvalue weighted by Gasteiger charge is -2.19. The molecule has 1 atom stereocenters. The van der Waals surface area contributed by atoms with Gasteiger partial charge in [0.25, 0.3) is 0 Å². The van der Waals surface area contributed by atoms with Crippen molar-refractivity contribution in [3.63, 3.8) is 0 Å². The molecule has 20 heavy (non-hydrogen) atoms. The fourth-order valence-electron chi connectivity index (χ4n) is 2.11. The summed E-state index contributed by atoms with van der Waals surface area (Å²) in [5.41, 5.74) is 2.62. The molecular formula is C15H13Br2ClFN. The van der Waals surface area contributed by atoms with Crippen molar-refractivity contribution >= 4 is 43.5 Å². The van der Waals surface area contributed by atoms with Gasteiger partial charge in [-0.15, -0.1) is 0 Å². The van der Waals surface area contributed by atoms with Crippen LogP contribution in [0.5, 0.6) is 0 Å². The van der Waals surface area contributed by atoms with Crippen LogP contribution in [0.25, 0.3) is 0 Å². The Hall–Kier alpha value is -0.420. The summed E-state index contributed by atoms with van der Waals surface area (Å²) in [6.07, 6.45) is 0. The summed E-state index contributed by atoms with van der Waals surface area (Å²) in [6.45, 7) is 2.01. The highest BCUT2D eigenvalue weighted by Crippen LogP contribution is 2.32. The van der Waals surface area contributed by atoms with E-state index in [1.165, 1.54) is 6.07 Å². The molecule has 0 saturated carbocycles. The van der Waals surface area contributed by atoms with Crippen molar-refractivity contribution in [1.82, 2.24) is 5.32 Å². The van der Waals surface area contributed by atoms with Gasteiger partial charge in [-0.3, -0.25) is 0 Å². The molecule has 106 valence electrons. The standard InChI is InChI=1S/C15H13Br2ClFN/c1-8-5-9(3-4-11(8)16)15(20-2)10-6-13(18)12(17)7-14(10)19/h3-7,15,20H,1-2H3. The zero-order chi connectivity index (χ0) is 14.9. The van der Waals surface area contributed by atoms with Crippen LogP contribution in [-0.2, 0) is 0 Å². The third-order valence-corrected chi connectivity index (χ3v) is 5.24. The Morgan fingerprint density at radius 1 is 1.15 bits per heavy atom. The van der Waals surface area contributed by atoms with Crippen molar-refractivity contribution in [2.45, 2.75) is 13.0 Å². The fourth-order valence-corrected chi connectivity index (χ4v) is 2.84. The lowest BCUT2D eigenvalue weighted by molar-refractivity contribution is 0.575. The van der Waals surface area contributed by atoms with E-state index < -0.39 is 0 Å². The molecule has 0 aliphatic carbocycles. The molecule has 0 fully saturated rings. The molecule has 5 heteroatoms. The van der Waals surface area contributed by atoms with Crippen molar-refractivity contribution in [3.05, 3.63) is 66.8 Å². The Kier molecular flexibility index (Phi) is 5.24. The van der Waals surface area contributed by atoms with E-state index in [0.717, 1.165) is 15.6 Å². The van der Waals surface area contributed by atoms with Gasteiger partial charge in [-0.05, 0) is 59.2 Å². The fraction of sp³-hybridized carbons (Fsp3) is 0.200. The number of hydrogen-bond donors (Lipinski definition) is 1.